The van der Waals surface area contributed by atoms with Crippen molar-refractivity contribution >= 4 is 23.3 Å². The van der Waals surface area contributed by atoms with Crippen molar-refractivity contribution in [2.45, 2.75) is 74.1 Å². The summed E-state index contributed by atoms with van der Waals surface area (Å²) >= 11 is 0. The summed E-state index contributed by atoms with van der Waals surface area (Å²) in [5.74, 6) is -0.630. The number of benzene rings is 1. The van der Waals surface area contributed by atoms with Gasteiger partial charge in [0.15, 0.2) is 5.78 Å². The Balaban J connectivity index is 2.58. The predicted molar refractivity (Wildman–Crippen MR) is 119 cm³/mol. The second kappa shape index (κ2) is 11.1. The molecule has 7 heteroatoms. The molecule has 0 fully saturated rings. The van der Waals surface area contributed by atoms with Gasteiger partial charge in [-0.2, -0.15) is 0 Å². The lowest BCUT2D eigenvalue weighted by Gasteiger charge is -2.29. The van der Waals surface area contributed by atoms with E-state index in [1.807, 2.05) is 58.9 Å². The highest BCUT2D eigenvalue weighted by Crippen LogP contribution is 2.20. The second-order valence-electron chi connectivity index (χ2n) is 9.29. The lowest BCUT2D eigenvalue weighted by atomic mass is 9.82. The van der Waals surface area contributed by atoms with E-state index in [0.717, 1.165) is 11.3 Å². The maximum Gasteiger partial charge on any atom is 0.308 e. The van der Waals surface area contributed by atoms with Crippen LogP contribution in [0.3, 0.4) is 0 Å². The molecule has 0 radical (unpaired) electrons. The second-order valence-corrected chi connectivity index (χ2v) is 9.29. The molecule has 0 bridgehead atoms. The van der Waals surface area contributed by atoms with Crippen LogP contribution < -0.4 is 16.2 Å². The van der Waals surface area contributed by atoms with Crippen LogP contribution in [0.4, 0.5) is 5.69 Å². The van der Waals surface area contributed by atoms with Crippen LogP contribution in [0.25, 0.3) is 0 Å². The smallest absolute Gasteiger partial charge is 0.308 e. The molecule has 1 rings (SSSR count). The van der Waals surface area contributed by atoms with Gasteiger partial charge in [-0.25, -0.2) is 5.43 Å². The number of nitrogens with one attached hydrogen (secondary N) is 3. The van der Waals surface area contributed by atoms with Gasteiger partial charge in [-0.3, -0.25) is 14.4 Å². The van der Waals surface area contributed by atoms with E-state index in [-0.39, 0.29) is 36.1 Å². The van der Waals surface area contributed by atoms with Crippen molar-refractivity contribution in [3.05, 3.63) is 29.8 Å². The molecule has 3 N–H and O–H groups in total. The molecule has 0 aromatic heterocycles. The fourth-order valence-electron chi connectivity index (χ4n) is 2.54. The molecular formula is C23H37N3O4. The summed E-state index contributed by atoms with van der Waals surface area (Å²) in [7, 11) is 0. The number of hydrazine groups is 1. The van der Waals surface area contributed by atoms with Crippen molar-refractivity contribution in [2.24, 2.45) is 17.3 Å². The number of esters is 1. The Morgan fingerprint density at radius 2 is 1.53 bits per heavy atom. The van der Waals surface area contributed by atoms with Gasteiger partial charge in [-0.05, 0) is 30.5 Å². The number of hydrogen-bond donors (Lipinski definition) is 3. The Morgan fingerprint density at radius 1 is 0.967 bits per heavy atom. The number of amides is 1. The third kappa shape index (κ3) is 8.14. The molecule has 0 aliphatic rings. The molecule has 168 valence electrons. The molecule has 0 spiro atoms. The minimum Gasteiger partial charge on any atom is -0.461 e. The van der Waals surface area contributed by atoms with E-state index in [2.05, 4.69) is 16.2 Å². The molecule has 1 aromatic rings. The molecule has 0 saturated heterocycles. The van der Waals surface area contributed by atoms with Crippen LogP contribution in [0, 0.1) is 17.3 Å². The summed E-state index contributed by atoms with van der Waals surface area (Å²) in [5.41, 5.74) is 7.05. The summed E-state index contributed by atoms with van der Waals surface area (Å²) < 4.78 is 5.20. The normalized spacial score (nSPS) is 13.7. The van der Waals surface area contributed by atoms with E-state index < -0.39 is 17.5 Å². The number of carbonyl (C=O) groups excluding carboxylic acids is 3. The third-order valence-electron chi connectivity index (χ3n) is 4.62. The zero-order valence-corrected chi connectivity index (χ0v) is 19.5. The van der Waals surface area contributed by atoms with Crippen LogP contribution in [-0.4, -0.2) is 29.7 Å². The van der Waals surface area contributed by atoms with Crippen molar-refractivity contribution in [1.82, 2.24) is 10.7 Å². The van der Waals surface area contributed by atoms with Gasteiger partial charge in [-0.15, -0.1) is 0 Å². The van der Waals surface area contributed by atoms with Crippen molar-refractivity contribution in [3.63, 3.8) is 0 Å². The third-order valence-corrected chi connectivity index (χ3v) is 4.62. The first kappa shape index (κ1) is 25.6. The van der Waals surface area contributed by atoms with Crippen molar-refractivity contribution < 1.29 is 19.1 Å². The quantitative estimate of drug-likeness (QED) is 0.397. The molecule has 7 nitrogen and oxygen atoms in total. The van der Waals surface area contributed by atoms with Crippen LogP contribution in [0.1, 0.15) is 61.0 Å². The molecular weight excluding hydrogens is 382 g/mol. The maximum atomic E-state index is 12.6. The summed E-state index contributed by atoms with van der Waals surface area (Å²) in [5, 5.41) is 2.86. The molecule has 1 amide bonds. The van der Waals surface area contributed by atoms with E-state index in [1.165, 1.54) is 0 Å². The van der Waals surface area contributed by atoms with Gasteiger partial charge in [0.05, 0.1) is 12.0 Å². The Bertz CT molecular complexity index is 721. The zero-order valence-electron chi connectivity index (χ0n) is 19.5. The molecule has 30 heavy (non-hydrogen) atoms. The highest BCUT2D eigenvalue weighted by molar-refractivity contribution is 5.93. The molecule has 0 aliphatic carbocycles. The van der Waals surface area contributed by atoms with Crippen LogP contribution >= 0.6 is 0 Å². The van der Waals surface area contributed by atoms with Gasteiger partial charge >= 0.3 is 5.97 Å². The topological polar surface area (TPSA) is 96.5 Å². The summed E-state index contributed by atoms with van der Waals surface area (Å²) in [6, 6.07) is 6.27. The monoisotopic (exact) mass is 419 g/mol. The molecule has 1 unspecified atom stereocenters. The first-order chi connectivity index (χ1) is 13.8. The Morgan fingerprint density at radius 3 is 2.00 bits per heavy atom. The van der Waals surface area contributed by atoms with Crippen LogP contribution in [0.5, 0.6) is 0 Å². The zero-order chi connectivity index (χ0) is 23.1. The van der Waals surface area contributed by atoms with Gasteiger partial charge in [0.25, 0.3) is 0 Å². The molecule has 0 aliphatic heterocycles. The fourth-order valence-corrected chi connectivity index (χ4v) is 2.54. The van der Waals surface area contributed by atoms with E-state index in [4.69, 9.17) is 4.74 Å². The standard InChI is InChI=1S/C23H37N3O4/c1-14(2)19(20(27)23(6,7)8)24-21(28)16(5)25-26-18-11-9-17(10-12-18)13-30-22(29)15(3)4/h9-12,14-16,19,25-26H,13H2,1-8H3,(H,24,28)/t16?,19-/m0/s1. The minimum absolute atomic E-state index is 0.00169. The fraction of sp³-hybridized carbons (Fsp3) is 0.609. The minimum atomic E-state index is -0.550. The average molecular weight is 420 g/mol. The Kier molecular flexibility index (Phi) is 9.49. The lowest BCUT2D eigenvalue weighted by molar-refractivity contribution is -0.148. The SMILES string of the molecule is CC(C)C(=O)OCc1ccc(NNC(C)C(=O)N[C@H](C(=O)C(C)(C)C)C(C)C)cc1. The van der Waals surface area contributed by atoms with Gasteiger partial charge < -0.3 is 15.5 Å². The van der Waals surface area contributed by atoms with Gasteiger partial charge in [0.1, 0.15) is 12.6 Å². The number of rotatable bonds is 10. The van der Waals surface area contributed by atoms with Crippen LogP contribution in [0.2, 0.25) is 0 Å². The lowest BCUT2D eigenvalue weighted by Crippen LogP contribution is -2.54. The van der Waals surface area contributed by atoms with E-state index in [9.17, 15) is 14.4 Å². The highest BCUT2D eigenvalue weighted by atomic mass is 16.5. The van der Waals surface area contributed by atoms with Gasteiger partial charge in [0.2, 0.25) is 5.91 Å². The van der Waals surface area contributed by atoms with Crippen molar-refractivity contribution in [2.75, 3.05) is 5.43 Å². The van der Waals surface area contributed by atoms with E-state index in [0.29, 0.717) is 0 Å². The average Bonchev–Trinajstić information content (AvgIpc) is 2.67. The Hall–Kier alpha value is -2.41. The number of ether oxygens (including phenoxy) is 1. The van der Waals surface area contributed by atoms with Crippen LogP contribution in [-0.2, 0) is 25.7 Å². The summed E-state index contributed by atoms with van der Waals surface area (Å²) in [4.78, 5) is 36.7. The molecule has 0 heterocycles. The first-order valence-electron chi connectivity index (χ1n) is 10.4. The van der Waals surface area contributed by atoms with Gasteiger partial charge in [-0.1, -0.05) is 60.6 Å². The summed E-state index contributed by atoms with van der Waals surface area (Å²) in [6.45, 7) is 14.9. The van der Waals surface area contributed by atoms with Crippen LogP contribution in [0.15, 0.2) is 24.3 Å². The molecule has 2 atom stereocenters. The largest absolute Gasteiger partial charge is 0.461 e. The first-order valence-corrected chi connectivity index (χ1v) is 10.4. The van der Waals surface area contributed by atoms with Gasteiger partial charge in [0, 0.05) is 11.1 Å². The number of anilines is 1. The number of carbonyl (C=O) groups is 3. The number of Topliss-reactive ketones (excluding diaryl/α,β-unsaturated/α-hetero) is 1. The maximum absolute atomic E-state index is 12.6. The molecule has 0 saturated carbocycles. The van der Waals surface area contributed by atoms with Crippen molar-refractivity contribution in [3.8, 4) is 0 Å². The van der Waals surface area contributed by atoms with E-state index in [1.54, 1.807) is 20.8 Å². The van der Waals surface area contributed by atoms with Crippen molar-refractivity contribution in [1.29, 1.82) is 0 Å². The number of hydrogen-bond acceptors (Lipinski definition) is 6. The predicted octanol–water partition coefficient (Wildman–Crippen LogP) is 3.45. The molecule has 1 aromatic carbocycles. The Labute approximate surface area is 180 Å². The highest BCUT2D eigenvalue weighted by Gasteiger charge is 2.33. The van der Waals surface area contributed by atoms with E-state index >= 15 is 0 Å². The summed E-state index contributed by atoms with van der Waals surface area (Å²) in [6.07, 6.45) is 0. The number of ketones is 1.